The average Bonchev–Trinajstić information content (AvgIpc) is 2.72. The van der Waals surface area contributed by atoms with E-state index in [1.807, 2.05) is 37.3 Å². The monoisotopic (exact) mass is 371 g/mol. The molecule has 5 heteroatoms. The van der Waals surface area contributed by atoms with Gasteiger partial charge in [-0.15, -0.1) is 0 Å². The van der Waals surface area contributed by atoms with Crippen molar-refractivity contribution in [3.05, 3.63) is 105 Å². The highest BCUT2D eigenvalue weighted by Crippen LogP contribution is 2.32. The second-order valence-corrected chi connectivity index (χ2v) is 6.76. The van der Waals surface area contributed by atoms with Gasteiger partial charge in [0.2, 0.25) is 5.56 Å². The van der Waals surface area contributed by atoms with Crippen molar-refractivity contribution in [2.24, 2.45) is 12.2 Å². The van der Waals surface area contributed by atoms with Gasteiger partial charge in [0.05, 0.1) is 17.3 Å². The van der Waals surface area contributed by atoms with Gasteiger partial charge in [-0.1, -0.05) is 41.6 Å². The summed E-state index contributed by atoms with van der Waals surface area (Å²) in [4.78, 5) is 11.7. The minimum atomic E-state index is -0.122. The molecule has 1 heterocycles. The Hall–Kier alpha value is -3.65. The smallest absolute Gasteiger partial charge is 0.250 e. The normalized spacial score (nSPS) is 12.4. The van der Waals surface area contributed by atoms with Crippen molar-refractivity contribution in [2.75, 3.05) is 0 Å². The van der Waals surface area contributed by atoms with Gasteiger partial charge in [-0.05, 0) is 41.8 Å². The fourth-order valence-corrected chi connectivity index (χ4v) is 3.35. The van der Waals surface area contributed by atoms with Crippen molar-refractivity contribution in [3.63, 3.8) is 0 Å². The fraction of sp³-hybridized carbons (Fsp3) is 0.174. The topological polar surface area (TPSA) is 78.4 Å². The molecule has 0 bridgehead atoms. The van der Waals surface area contributed by atoms with Gasteiger partial charge in [-0.2, -0.15) is 5.26 Å². The Morgan fingerprint density at radius 3 is 2.46 bits per heavy atom. The highest BCUT2D eigenvalue weighted by Gasteiger charge is 2.20. The number of nitriles is 1. The Morgan fingerprint density at radius 2 is 1.86 bits per heavy atom. The summed E-state index contributed by atoms with van der Waals surface area (Å²) in [5.41, 5.74) is 4.95. The zero-order valence-corrected chi connectivity index (χ0v) is 15.8. The van der Waals surface area contributed by atoms with E-state index in [0.29, 0.717) is 23.3 Å². The van der Waals surface area contributed by atoms with E-state index in [-0.39, 0.29) is 11.5 Å². The van der Waals surface area contributed by atoms with E-state index in [1.54, 1.807) is 31.4 Å². The van der Waals surface area contributed by atoms with E-state index in [4.69, 9.17) is 5.26 Å². The van der Waals surface area contributed by atoms with Crippen LogP contribution in [0.1, 0.15) is 40.2 Å². The molecule has 0 saturated heterocycles. The van der Waals surface area contributed by atoms with Crippen molar-refractivity contribution < 1.29 is 5.21 Å². The highest BCUT2D eigenvalue weighted by atomic mass is 16.4. The number of aryl methyl sites for hydroxylation is 2. The van der Waals surface area contributed by atoms with Crippen LogP contribution < -0.4 is 5.56 Å². The van der Waals surface area contributed by atoms with Crippen LogP contribution in [0.15, 0.2) is 76.8 Å². The SMILES string of the molecule is Cc1ccccc1[C@H](CC(=NO)c1ccc(=O)n(C)c1)c1ccc(C#N)cc1. The maximum atomic E-state index is 11.7. The molecule has 3 rings (SSSR count). The average molecular weight is 371 g/mol. The first-order chi connectivity index (χ1) is 13.5. The number of oxime groups is 1. The Labute approximate surface area is 163 Å². The van der Waals surface area contributed by atoms with Crippen LogP contribution in [-0.2, 0) is 7.05 Å². The summed E-state index contributed by atoms with van der Waals surface area (Å²) in [5, 5.41) is 22.3. The molecule has 0 aliphatic carbocycles. The molecule has 1 atom stereocenters. The van der Waals surface area contributed by atoms with Gasteiger partial charge in [-0.3, -0.25) is 4.79 Å². The Balaban J connectivity index is 2.05. The van der Waals surface area contributed by atoms with Crippen LogP contribution >= 0.6 is 0 Å². The quantitative estimate of drug-likeness (QED) is 0.419. The zero-order valence-electron chi connectivity index (χ0n) is 15.8. The van der Waals surface area contributed by atoms with Crippen LogP contribution in [0, 0.1) is 18.3 Å². The summed E-state index contributed by atoms with van der Waals surface area (Å²) in [6.45, 7) is 2.05. The standard InChI is InChI=1S/C23H21N3O2/c1-16-5-3-4-6-20(16)21(18-9-7-17(14-24)8-10-18)13-22(25-28)19-11-12-23(27)26(2)15-19/h3-12,15,21,28H,13H2,1-2H3/t21-/m1/s1. The lowest BCUT2D eigenvalue weighted by Crippen LogP contribution is -2.18. The number of benzene rings is 2. The molecule has 0 aliphatic heterocycles. The van der Waals surface area contributed by atoms with Crippen molar-refractivity contribution in [1.82, 2.24) is 4.57 Å². The molecule has 0 unspecified atom stereocenters. The number of pyridine rings is 1. The fourth-order valence-electron chi connectivity index (χ4n) is 3.35. The minimum absolute atomic E-state index is 0.0583. The summed E-state index contributed by atoms with van der Waals surface area (Å²) in [6, 6.07) is 20.8. The molecule has 0 spiro atoms. The molecule has 28 heavy (non-hydrogen) atoms. The highest BCUT2D eigenvalue weighted by molar-refractivity contribution is 6.00. The third-order valence-corrected chi connectivity index (χ3v) is 4.94. The number of nitrogens with zero attached hydrogens (tertiary/aromatic N) is 3. The first-order valence-electron chi connectivity index (χ1n) is 8.97. The van der Waals surface area contributed by atoms with Crippen molar-refractivity contribution in [3.8, 4) is 6.07 Å². The third kappa shape index (κ3) is 4.02. The lowest BCUT2D eigenvalue weighted by molar-refractivity contribution is 0.317. The van der Waals surface area contributed by atoms with E-state index in [0.717, 1.165) is 16.7 Å². The van der Waals surface area contributed by atoms with Crippen LogP contribution in [0.3, 0.4) is 0 Å². The van der Waals surface area contributed by atoms with Crippen molar-refractivity contribution in [1.29, 1.82) is 5.26 Å². The summed E-state index contributed by atoms with van der Waals surface area (Å²) >= 11 is 0. The van der Waals surface area contributed by atoms with Crippen molar-refractivity contribution in [2.45, 2.75) is 19.3 Å². The number of hydrogen-bond donors (Lipinski definition) is 1. The van der Waals surface area contributed by atoms with Crippen molar-refractivity contribution >= 4 is 5.71 Å². The first-order valence-corrected chi connectivity index (χ1v) is 8.97. The second-order valence-electron chi connectivity index (χ2n) is 6.76. The Morgan fingerprint density at radius 1 is 1.14 bits per heavy atom. The van der Waals surface area contributed by atoms with Gasteiger partial charge in [0.25, 0.3) is 0 Å². The molecule has 0 radical (unpaired) electrons. The molecule has 140 valence electrons. The lowest BCUT2D eigenvalue weighted by atomic mass is 9.83. The molecule has 2 aromatic carbocycles. The van der Waals surface area contributed by atoms with Gasteiger partial charge in [0.1, 0.15) is 0 Å². The van der Waals surface area contributed by atoms with Crippen LogP contribution in [-0.4, -0.2) is 15.5 Å². The van der Waals surface area contributed by atoms with E-state index in [2.05, 4.69) is 17.3 Å². The summed E-state index contributed by atoms with van der Waals surface area (Å²) < 4.78 is 1.46. The largest absolute Gasteiger partial charge is 0.411 e. The van der Waals surface area contributed by atoms with Crippen LogP contribution in [0.2, 0.25) is 0 Å². The van der Waals surface area contributed by atoms with Gasteiger partial charge < -0.3 is 9.77 Å². The second kappa shape index (κ2) is 8.36. The molecule has 0 aliphatic rings. The molecule has 3 aromatic rings. The predicted molar refractivity (Wildman–Crippen MR) is 109 cm³/mol. The maximum absolute atomic E-state index is 11.7. The van der Waals surface area contributed by atoms with E-state index in [9.17, 15) is 10.0 Å². The van der Waals surface area contributed by atoms with Crippen LogP contribution in [0.25, 0.3) is 0 Å². The Kier molecular flexibility index (Phi) is 5.71. The molecule has 1 N–H and O–H groups in total. The van der Waals surface area contributed by atoms with Gasteiger partial charge >= 0.3 is 0 Å². The molecular formula is C23H21N3O2. The molecule has 0 fully saturated rings. The molecule has 0 amide bonds. The van der Waals surface area contributed by atoms with Gasteiger partial charge in [0.15, 0.2) is 0 Å². The molecule has 1 aromatic heterocycles. The van der Waals surface area contributed by atoms with Gasteiger partial charge in [-0.25, -0.2) is 0 Å². The number of aromatic nitrogens is 1. The summed E-state index contributed by atoms with van der Waals surface area (Å²) in [5.74, 6) is -0.0583. The minimum Gasteiger partial charge on any atom is -0.411 e. The number of hydrogen-bond acceptors (Lipinski definition) is 4. The first kappa shape index (κ1) is 19.1. The number of rotatable bonds is 5. The van der Waals surface area contributed by atoms with Crippen LogP contribution in [0.5, 0.6) is 0 Å². The predicted octanol–water partition coefficient (Wildman–Crippen LogP) is 3.97. The van der Waals surface area contributed by atoms with Gasteiger partial charge in [0, 0.05) is 37.2 Å². The zero-order chi connectivity index (χ0) is 20.1. The summed E-state index contributed by atoms with van der Waals surface area (Å²) in [7, 11) is 1.67. The Bertz CT molecular complexity index is 1110. The summed E-state index contributed by atoms with van der Waals surface area (Å²) in [6.07, 6.45) is 2.12. The molecule has 5 nitrogen and oxygen atoms in total. The molecule has 0 saturated carbocycles. The van der Waals surface area contributed by atoms with Crippen LogP contribution in [0.4, 0.5) is 0 Å². The lowest BCUT2D eigenvalue weighted by Gasteiger charge is -2.21. The van der Waals surface area contributed by atoms with E-state index < -0.39 is 0 Å². The third-order valence-electron chi connectivity index (χ3n) is 4.94. The molecular weight excluding hydrogens is 350 g/mol. The maximum Gasteiger partial charge on any atom is 0.250 e. The van der Waals surface area contributed by atoms with E-state index >= 15 is 0 Å². The van der Waals surface area contributed by atoms with E-state index in [1.165, 1.54) is 10.6 Å².